The van der Waals surface area contributed by atoms with Crippen LogP contribution in [0.4, 0.5) is 5.69 Å². The van der Waals surface area contributed by atoms with Crippen molar-refractivity contribution in [1.29, 1.82) is 0 Å². The Bertz CT molecular complexity index is 1090. The lowest BCUT2D eigenvalue weighted by atomic mass is 9.86. The minimum absolute atomic E-state index is 0.114. The first-order chi connectivity index (χ1) is 16.1. The first-order valence-corrected chi connectivity index (χ1v) is 13.4. The van der Waals surface area contributed by atoms with Gasteiger partial charge in [0.2, 0.25) is 21.8 Å². The van der Waals surface area contributed by atoms with Gasteiger partial charge in [-0.2, -0.15) is 4.31 Å². The summed E-state index contributed by atoms with van der Waals surface area (Å²) in [5.41, 5.74) is 0.250. The van der Waals surface area contributed by atoms with Crippen LogP contribution < -0.4 is 4.90 Å². The van der Waals surface area contributed by atoms with Crippen LogP contribution in [0.1, 0.15) is 52.0 Å². The van der Waals surface area contributed by atoms with Crippen LogP contribution in [0.3, 0.4) is 0 Å². The molecule has 0 unspecified atom stereocenters. The zero-order valence-electron chi connectivity index (χ0n) is 20.1. The lowest BCUT2D eigenvalue weighted by molar-refractivity contribution is -0.151. The van der Waals surface area contributed by atoms with Crippen molar-refractivity contribution in [3.05, 3.63) is 23.8 Å². The second-order valence-electron chi connectivity index (χ2n) is 9.71. The van der Waals surface area contributed by atoms with Crippen molar-refractivity contribution >= 4 is 33.5 Å². The number of hydrogen-bond acceptors (Lipinski definition) is 6. The summed E-state index contributed by atoms with van der Waals surface area (Å²) in [6.07, 6.45) is 2.78. The van der Waals surface area contributed by atoms with Gasteiger partial charge >= 0.3 is 5.97 Å². The highest BCUT2D eigenvalue weighted by Gasteiger charge is 2.46. The van der Waals surface area contributed by atoms with Crippen molar-refractivity contribution in [3.8, 4) is 0 Å². The quantitative estimate of drug-likeness (QED) is 0.563. The minimum atomic E-state index is -3.61. The standard InChI is InChI=1S/C24H33N3O6S/c1-4-33-22(29)17-9-13-25(14-10-17)21(28)16-27-20-8-7-18(15-19(20)24(2,3)23(27)30)34(31,32)26-11-5-6-12-26/h7-8,15,17H,4-6,9-14,16H2,1-3H3. The zero-order valence-corrected chi connectivity index (χ0v) is 20.9. The predicted octanol–water partition coefficient (Wildman–Crippen LogP) is 1.90. The Morgan fingerprint density at radius 2 is 1.74 bits per heavy atom. The van der Waals surface area contributed by atoms with E-state index in [9.17, 15) is 22.8 Å². The van der Waals surface area contributed by atoms with Crippen LogP contribution in [-0.4, -0.2) is 74.7 Å². The van der Waals surface area contributed by atoms with Crippen molar-refractivity contribution in [3.63, 3.8) is 0 Å². The van der Waals surface area contributed by atoms with E-state index >= 15 is 0 Å². The van der Waals surface area contributed by atoms with Gasteiger partial charge in [-0.15, -0.1) is 0 Å². The molecular formula is C24H33N3O6S. The van der Waals surface area contributed by atoms with Crippen molar-refractivity contribution in [2.45, 2.75) is 56.8 Å². The molecule has 2 fully saturated rings. The van der Waals surface area contributed by atoms with Crippen molar-refractivity contribution < 1.29 is 27.5 Å². The SMILES string of the molecule is CCOC(=O)C1CCN(C(=O)CN2C(=O)C(C)(C)c3cc(S(=O)(=O)N4CCCC4)ccc32)CC1. The van der Waals surface area contributed by atoms with Gasteiger partial charge in [-0.25, -0.2) is 8.42 Å². The molecule has 0 saturated carbocycles. The van der Waals surface area contributed by atoms with Gasteiger partial charge in [0.05, 0.1) is 22.8 Å². The average molecular weight is 492 g/mol. The number of ether oxygens (including phenoxy) is 1. The van der Waals surface area contributed by atoms with Crippen LogP contribution in [-0.2, 0) is 34.6 Å². The van der Waals surface area contributed by atoms with E-state index in [0.717, 1.165) is 12.8 Å². The summed E-state index contributed by atoms with van der Waals surface area (Å²) in [5, 5.41) is 0. The number of nitrogens with zero attached hydrogens (tertiary/aromatic N) is 3. The lowest BCUT2D eigenvalue weighted by Crippen LogP contribution is -2.47. The van der Waals surface area contributed by atoms with E-state index in [-0.39, 0.29) is 35.1 Å². The van der Waals surface area contributed by atoms with Crippen molar-refractivity contribution in [1.82, 2.24) is 9.21 Å². The number of sulfonamides is 1. The van der Waals surface area contributed by atoms with E-state index in [1.165, 1.54) is 15.3 Å². The molecule has 0 N–H and O–H groups in total. The maximum absolute atomic E-state index is 13.3. The van der Waals surface area contributed by atoms with E-state index in [1.54, 1.807) is 37.8 Å². The molecule has 0 aliphatic carbocycles. The third-order valence-corrected chi connectivity index (χ3v) is 9.07. The molecule has 0 spiro atoms. The number of anilines is 1. The Hall–Kier alpha value is -2.46. The Kier molecular flexibility index (Phi) is 6.74. The fourth-order valence-corrected chi connectivity index (χ4v) is 6.61. The summed E-state index contributed by atoms with van der Waals surface area (Å²) in [4.78, 5) is 41.6. The molecule has 1 aromatic rings. The molecule has 186 valence electrons. The first-order valence-electron chi connectivity index (χ1n) is 12.0. The number of likely N-dealkylation sites (tertiary alicyclic amines) is 1. The Morgan fingerprint density at radius 1 is 1.09 bits per heavy atom. The lowest BCUT2D eigenvalue weighted by Gasteiger charge is -2.32. The maximum atomic E-state index is 13.3. The normalized spacial score (nSPS) is 21.1. The average Bonchev–Trinajstić information content (AvgIpc) is 3.43. The number of amides is 2. The number of benzene rings is 1. The van der Waals surface area contributed by atoms with Gasteiger partial charge in [-0.3, -0.25) is 14.4 Å². The number of carbonyl (C=O) groups excluding carboxylic acids is 3. The third-order valence-electron chi connectivity index (χ3n) is 7.18. The Labute approximate surface area is 201 Å². The highest BCUT2D eigenvalue weighted by molar-refractivity contribution is 7.89. The Balaban J connectivity index is 1.50. The maximum Gasteiger partial charge on any atom is 0.309 e. The molecule has 2 saturated heterocycles. The molecule has 9 nitrogen and oxygen atoms in total. The van der Waals surface area contributed by atoms with Crippen LogP contribution in [0, 0.1) is 5.92 Å². The molecule has 10 heteroatoms. The van der Waals surface area contributed by atoms with E-state index < -0.39 is 15.4 Å². The predicted molar refractivity (Wildman–Crippen MR) is 126 cm³/mol. The molecule has 3 aliphatic heterocycles. The largest absolute Gasteiger partial charge is 0.466 e. The van der Waals surface area contributed by atoms with Crippen LogP contribution in [0.2, 0.25) is 0 Å². The number of fused-ring (bicyclic) bond motifs is 1. The third kappa shape index (κ3) is 4.33. The molecule has 0 bridgehead atoms. The van der Waals surface area contributed by atoms with Gasteiger partial charge in [0.15, 0.2) is 0 Å². The van der Waals surface area contributed by atoms with Crippen LogP contribution >= 0.6 is 0 Å². The topological polar surface area (TPSA) is 104 Å². The van der Waals surface area contributed by atoms with Crippen molar-refractivity contribution in [2.75, 3.05) is 44.2 Å². The first kappa shape index (κ1) is 24.7. The molecule has 0 aromatic heterocycles. The number of piperidine rings is 1. The number of hydrogen-bond donors (Lipinski definition) is 0. The van der Waals surface area contributed by atoms with Gasteiger partial charge in [0.25, 0.3) is 0 Å². The smallest absolute Gasteiger partial charge is 0.309 e. The van der Waals surface area contributed by atoms with E-state index in [0.29, 0.717) is 56.9 Å². The molecule has 0 atom stereocenters. The molecule has 4 rings (SSSR count). The van der Waals surface area contributed by atoms with Gasteiger partial charge in [0, 0.05) is 31.9 Å². The van der Waals surface area contributed by atoms with Crippen LogP contribution in [0.25, 0.3) is 0 Å². The summed E-state index contributed by atoms with van der Waals surface area (Å²) < 4.78 is 32.7. The highest BCUT2D eigenvalue weighted by Crippen LogP contribution is 2.43. The minimum Gasteiger partial charge on any atom is -0.466 e. The summed E-state index contributed by atoms with van der Waals surface area (Å²) >= 11 is 0. The molecule has 1 aromatic carbocycles. The molecule has 34 heavy (non-hydrogen) atoms. The fraction of sp³-hybridized carbons (Fsp3) is 0.625. The van der Waals surface area contributed by atoms with E-state index in [4.69, 9.17) is 4.74 Å². The van der Waals surface area contributed by atoms with Gasteiger partial charge in [0.1, 0.15) is 6.54 Å². The monoisotopic (exact) mass is 491 g/mol. The highest BCUT2D eigenvalue weighted by atomic mass is 32.2. The second-order valence-corrected chi connectivity index (χ2v) is 11.7. The molecular weight excluding hydrogens is 458 g/mol. The van der Waals surface area contributed by atoms with Gasteiger partial charge in [-0.05, 0) is 70.2 Å². The summed E-state index contributed by atoms with van der Waals surface area (Å²) in [7, 11) is -3.61. The van der Waals surface area contributed by atoms with E-state index in [1.807, 2.05) is 0 Å². The molecule has 3 heterocycles. The molecule has 0 radical (unpaired) electrons. The second kappa shape index (κ2) is 9.30. The number of esters is 1. The fourth-order valence-electron chi connectivity index (χ4n) is 5.07. The zero-order chi connectivity index (χ0) is 24.7. The van der Waals surface area contributed by atoms with Gasteiger partial charge in [-0.1, -0.05) is 0 Å². The Morgan fingerprint density at radius 3 is 2.35 bits per heavy atom. The number of carbonyl (C=O) groups is 3. The molecule has 3 aliphatic rings. The molecule has 2 amide bonds. The summed E-state index contributed by atoms with van der Waals surface area (Å²) in [5.74, 6) is -0.839. The summed E-state index contributed by atoms with van der Waals surface area (Å²) in [6, 6.07) is 4.77. The number of rotatable bonds is 6. The summed E-state index contributed by atoms with van der Waals surface area (Å²) in [6.45, 7) is 7.41. The van der Waals surface area contributed by atoms with E-state index in [2.05, 4.69) is 0 Å². The van der Waals surface area contributed by atoms with Gasteiger partial charge < -0.3 is 14.5 Å². The van der Waals surface area contributed by atoms with Crippen LogP contribution in [0.5, 0.6) is 0 Å². The van der Waals surface area contributed by atoms with Crippen LogP contribution in [0.15, 0.2) is 23.1 Å². The van der Waals surface area contributed by atoms with Crippen molar-refractivity contribution in [2.24, 2.45) is 5.92 Å².